The van der Waals surface area contributed by atoms with Crippen LogP contribution in [0.3, 0.4) is 0 Å². The second-order valence-corrected chi connectivity index (χ2v) is 8.40. The number of halogens is 1. The van der Waals surface area contributed by atoms with Gasteiger partial charge in [-0.1, -0.05) is 18.6 Å². The van der Waals surface area contributed by atoms with Gasteiger partial charge in [-0.3, -0.25) is 0 Å². The van der Waals surface area contributed by atoms with Gasteiger partial charge in [-0.2, -0.15) is 0 Å². The maximum Gasteiger partial charge on any atom is 0.242 e. The molecule has 1 fully saturated rings. The van der Waals surface area contributed by atoms with E-state index in [4.69, 9.17) is 11.6 Å². The van der Waals surface area contributed by atoms with Gasteiger partial charge in [0, 0.05) is 19.5 Å². The maximum atomic E-state index is 12.6. The molecule has 1 N–H and O–H groups in total. The fourth-order valence-corrected chi connectivity index (χ4v) is 4.30. The topological polar surface area (TPSA) is 57.6 Å². The van der Waals surface area contributed by atoms with E-state index >= 15 is 0 Å². The summed E-state index contributed by atoms with van der Waals surface area (Å²) in [6.07, 6.45) is 3.98. The molecule has 22 heavy (non-hydrogen) atoms. The molecule has 1 aromatic rings. The van der Waals surface area contributed by atoms with E-state index in [0.29, 0.717) is 17.3 Å². The summed E-state index contributed by atoms with van der Waals surface area (Å²) in [6.45, 7) is 0.373. The molecule has 0 radical (unpaired) electrons. The largest absolute Gasteiger partial charge is 0.393 e. The van der Waals surface area contributed by atoms with Crippen molar-refractivity contribution in [2.45, 2.75) is 43.1 Å². The number of aryl methyl sites for hydroxylation is 1. The van der Waals surface area contributed by atoms with Crippen molar-refractivity contribution in [2.24, 2.45) is 5.92 Å². The number of alkyl halides is 1. The average Bonchev–Trinajstić information content (AvgIpc) is 2.90. The summed E-state index contributed by atoms with van der Waals surface area (Å²) in [4.78, 5) is 0.303. The van der Waals surface area contributed by atoms with Crippen LogP contribution in [0, 0.1) is 5.92 Å². The van der Waals surface area contributed by atoms with E-state index in [1.807, 2.05) is 12.1 Å². The fraction of sp³-hybridized carbons (Fsp3) is 0.625. The molecular weight excluding hydrogens is 322 g/mol. The molecule has 1 saturated carbocycles. The molecule has 6 heteroatoms. The van der Waals surface area contributed by atoms with Crippen LogP contribution in [0.15, 0.2) is 29.2 Å². The summed E-state index contributed by atoms with van der Waals surface area (Å²) < 4.78 is 26.5. The maximum absolute atomic E-state index is 12.6. The number of nitrogens with zero attached hydrogens (tertiary/aromatic N) is 1. The van der Waals surface area contributed by atoms with Crippen LogP contribution < -0.4 is 0 Å². The van der Waals surface area contributed by atoms with E-state index < -0.39 is 10.0 Å². The zero-order valence-electron chi connectivity index (χ0n) is 12.9. The molecule has 0 bridgehead atoms. The Kier molecular flexibility index (Phi) is 6.26. The van der Waals surface area contributed by atoms with E-state index in [2.05, 4.69) is 0 Å². The van der Waals surface area contributed by atoms with Gasteiger partial charge < -0.3 is 5.11 Å². The van der Waals surface area contributed by atoms with Crippen LogP contribution in [0.5, 0.6) is 0 Å². The highest BCUT2D eigenvalue weighted by molar-refractivity contribution is 7.89. The first-order valence-electron chi connectivity index (χ1n) is 7.74. The van der Waals surface area contributed by atoms with Crippen LogP contribution >= 0.6 is 11.6 Å². The number of sulfonamides is 1. The first kappa shape index (κ1) is 17.7. The lowest BCUT2D eigenvalue weighted by atomic mass is 10.1. The standard InChI is InChI=1S/C16H24ClNO3S/c1-18(12-14-5-2-6-16(14)19)22(20,21)15-9-7-13(8-10-15)4-3-11-17/h7-10,14,16,19H,2-6,11-12H2,1H3. The molecule has 2 atom stereocenters. The number of hydrogen-bond acceptors (Lipinski definition) is 3. The Morgan fingerprint density at radius 2 is 1.95 bits per heavy atom. The van der Waals surface area contributed by atoms with Crippen molar-refractivity contribution in [3.8, 4) is 0 Å². The van der Waals surface area contributed by atoms with Crippen molar-refractivity contribution in [3.63, 3.8) is 0 Å². The van der Waals surface area contributed by atoms with E-state index in [1.54, 1.807) is 19.2 Å². The first-order valence-corrected chi connectivity index (χ1v) is 9.72. The predicted molar refractivity (Wildman–Crippen MR) is 88.6 cm³/mol. The molecule has 0 heterocycles. The first-order chi connectivity index (χ1) is 10.4. The van der Waals surface area contributed by atoms with Crippen molar-refractivity contribution in [3.05, 3.63) is 29.8 Å². The second kappa shape index (κ2) is 7.77. The van der Waals surface area contributed by atoms with Gasteiger partial charge in [0.25, 0.3) is 0 Å². The van der Waals surface area contributed by atoms with Gasteiger partial charge in [0.1, 0.15) is 0 Å². The van der Waals surface area contributed by atoms with Crippen molar-refractivity contribution in [1.29, 1.82) is 0 Å². The van der Waals surface area contributed by atoms with E-state index in [-0.39, 0.29) is 12.0 Å². The third-order valence-electron chi connectivity index (χ3n) is 4.34. The summed E-state index contributed by atoms with van der Waals surface area (Å²) in [7, 11) is -1.91. The number of aliphatic hydroxyl groups is 1. The molecule has 1 aromatic carbocycles. The monoisotopic (exact) mass is 345 g/mol. The summed E-state index contributed by atoms with van der Waals surface area (Å²) >= 11 is 5.67. The Morgan fingerprint density at radius 3 is 2.50 bits per heavy atom. The number of aliphatic hydroxyl groups excluding tert-OH is 1. The Bertz CT molecular complexity index is 574. The second-order valence-electron chi connectivity index (χ2n) is 5.98. The molecule has 0 spiro atoms. The molecule has 124 valence electrons. The highest BCUT2D eigenvalue weighted by Gasteiger charge is 2.30. The summed E-state index contributed by atoms with van der Waals surface area (Å²) in [6, 6.07) is 7.00. The Morgan fingerprint density at radius 1 is 1.27 bits per heavy atom. The number of benzene rings is 1. The molecule has 0 amide bonds. The molecule has 2 rings (SSSR count). The van der Waals surface area contributed by atoms with Crippen LogP contribution in [-0.2, 0) is 16.4 Å². The van der Waals surface area contributed by atoms with E-state index in [1.165, 1.54) is 4.31 Å². The van der Waals surface area contributed by atoms with Crippen LogP contribution in [0.4, 0.5) is 0 Å². The minimum absolute atomic E-state index is 0.0442. The lowest BCUT2D eigenvalue weighted by Gasteiger charge is -2.23. The predicted octanol–water partition coefficient (Wildman–Crippen LogP) is 2.64. The highest BCUT2D eigenvalue weighted by atomic mass is 35.5. The molecular formula is C16H24ClNO3S. The number of rotatable bonds is 7. The smallest absolute Gasteiger partial charge is 0.242 e. The third kappa shape index (κ3) is 4.22. The normalized spacial score (nSPS) is 22.4. The Labute approximate surface area is 138 Å². The van der Waals surface area contributed by atoms with Gasteiger partial charge in [0.05, 0.1) is 11.0 Å². The molecule has 4 nitrogen and oxygen atoms in total. The molecule has 0 aliphatic heterocycles. The molecule has 1 aliphatic carbocycles. The van der Waals surface area contributed by atoms with Crippen LogP contribution in [-0.4, -0.2) is 43.4 Å². The van der Waals surface area contributed by atoms with Gasteiger partial charge in [-0.25, -0.2) is 12.7 Å². The summed E-state index contributed by atoms with van der Waals surface area (Å²) in [5, 5.41) is 9.86. The van der Waals surface area contributed by atoms with Gasteiger partial charge >= 0.3 is 0 Å². The van der Waals surface area contributed by atoms with Crippen LogP contribution in [0.2, 0.25) is 0 Å². The van der Waals surface area contributed by atoms with E-state index in [0.717, 1.165) is 37.7 Å². The minimum Gasteiger partial charge on any atom is -0.393 e. The molecule has 0 aromatic heterocycles. The molecule has 0 saturated heterocycles. The van der Waals surface area contributed by atoms with Gasteiger partial charge in [-0.15, -0.1) is 11.6 Å². The zero-order valence-corrected chi connectivity index (χ0v) is 14.5. The SMILES string of the molecule is CN(CC1CCCC1O)S(=O)(=O)c1ccc(CCCCl)cc1. The van der Waals surface area contributed by atoms with Crippen molar-refractivity contribution in [2.75, 3.05) is 19.5 Å². The van der Waals surface area contributed by atoms with Crippen molar-refractivity contribution in [1.82, 2.24) is 4.31 Å². The molecule has 1 aliphatic rings. The van der Waals surface area contributed by atoms with Crippen molar-refractivity contribution >= 4 is 21.6 Å². The third-order valence-corrected chi connectivity index (χ3v) is 6.45. The molecule has 2 unspecified atom stereocenters. The fourth-order valence-electron chi connectivity index (χ4n) is 2.94. The van der Waals surface area contributed by atoms with Crippen LogP contribution in [0.25, 0.3) is 0 Å². The van der Waals surface area contributed by atoms with Gasteiger partial charge in [0.2, 0.25) is 10.0 Å². The number of hydrogen-bond donors (Lipinski definition) is 1. The van der Waals surface area contributed by atoms with Gasteiger partial charge in [0.15, 0.2) is 0 Å². The van der Waals surface area contributed by atoms with Crippen molar-refractivity contribution < 1.29 is 13.5 Å². The van der Waals surface area contributed by atoms with Crippen LogP contribution in [0.1, 0.15) is 31.2 Å². The Balaban J connectivity index is 2.05. The average molecular weight is 346 g/mol. The minimum atomic E-state index is -3.49. The summed E-state index contributed by atoms with van der Waals surface area (Å²) in [5.74, 6) is 0.648. The lowest BCUT2D eigenvalue weighted by Crippen LogP contribution is -2.34. The lowest BCUT2D eigenvalue weighted by molar-refractivity contribution is 0.123. The quantitative estimate of drug-likeness (QED) is 0.773. The Hall–Kier alpha value is -0.620. The summed E-state index contributed by atoms with van der Waals surface area (Å²) in [5.41, 5.74) is 1.09. The van der Waals surface area contributed by atoms with E-state index in [9.17, 15) is 13.5 Å². The zero-order chi connectivity index (χ0) is 16.2. The highest BCUT2D eigenvalue weighted by Crippen LogP contribution is 2.27. The van der Waals surface area contributed by atoms with Gasteiger partial charge in [-0.05, 0) is 49.3 Å².